The van der Waals surface area contributed by atoms with E-state index in [9.17, 15) is 0 Å². The van der Waals surface area contributed by atoms with Crippen LogP contribution in [0.3, 0.4) is 0 Å². The van der Waals surface area contributed by atoms with Gasteiger partial charge in [0, 0.05) is 35.7 Å². The molecule has 4 heterocycles. The summed E-state index contributed by atoms with van der Waals surface area (Å²) in [6.07, 6.45) is 15.0. The van der Waals surface area contributed by atoms with Crippen LogP contribution in [0.1, 0.15) is 64.2 Å². The normalized spacial score (nSPS) is 51.2. The molecule has 2 aliphatic carbocycles. The summed E-state index contributed by atoms with van der Waals surface area (Å²) in [7, 11) is 4.80. The third-order valence-electron chi connectivity index (χ3n) is 9.52. The SMILES string of the molecule is CN1CC[C@]23C4CCCCC4N[C@H]1[C@]21CCN(C)[C@H]3NC2=C1CCCC2. The summed E-state index contributed by atoms with van der Waals surface area (Å²) in [6, 6.07) is 0.742. The molecule has 4 heteroatoms. The zero-order valence-corrected chi connectivity index (χ0v) is 16.7. The smallest absolute Gasteiger partial charge is 0.0859 e. The van der Waals surface area contributed by atoms with Gasteiger partial charge in [-0.3, -0.25) is 15.1 Å². The minimum Gasteiger partial charge on any atom is -0.372 e. The summed E-state index contributed by atoms with van der Waals surface area (Å²) < 4.78 is 0. The molecule has 4 bridgehead atoms. The van der Waals surface area contributed by atoms with Crippen LogP contribution < -0.4 is 10.6 Å². The van der Waals surface area contributed by atoms with Crippen molar-refractivity contribution in [3.05, 3.63) is 11.3 Å². The van der Waals surface area contributed by atoms with E-state index in [1.54, 1.807) is 5.70 Å². The highest BCUT2D eigenvalue weighted by atomic mass is 15.4. The van der Waals surface area contributed by atoms with Crippen LogP contribution in [0.5, 0.6) is 0 Å². The fraction of sp³-hybridized carbons (Fsp3) is 0.909. The van der Waals surface area contributed by atoms with E-state index in [1.165, 1.54) is 77.3 Å². The van der Waals surface area contributed by atoms with Crippen LogP contribution in [0, 0.1) is 16.7 Å². The lowest BCUT2D eigenvalue weighted by Crippen LogP contribution is -2.84. The Labute approximate surface area is 158 Å². The van der Waals surface area contributed by atoms with Gasteiger partial charge < -0.3 is 5.32 Å². The van der Waals surface area contributed by atoms with Crippen molar-refractivity contribution in [2.24, 2.45) is 16.7 Å². The molecule has 144 valence electrons. The average molecular weight is 357 g/mol. The second-order valence-corrected chi connectivity index (χ2v) is 10.3. The fourth-order valence-electron chi connectivity index (χ4n) is 8.67. The monoisotopic (exact) mass is 356 g/mol. The topological polar surface area (TPSA) is 30.5 Å². The Balaban J connectivity index is 1.61. The minimum atomic E-state index is 0.386. The zero-order valence-electron chi connectivity index (χ0n) is 16.7. The van der Waals surface area contributed by atoms with Gasteiger partial charge in [-0.25, -0.2) is 0 Å². The van der Waals surface area contributed by atoms with Gasteiger partial charge in [0.25, 0.3) is 0 Å². The predicted molar refractivity (Wildman–Crippen MR) is 104 cm³/mol. The van der Waals surface area contributed by atoms with Gasteiger partial charge >= 0.3 is 0 Å². The van der Waals surface area contributed by atoms with Gasteiger partial charge in [-0.05, 0) is 77.0 Å². The fourth-order valence-corrected chi connectivity index (χ4v) is 8.67. The minimum absolute atomic E-state index is 0.386. The lowest BCUT2D eigenvalue weighted by atomic mass is 9.40. The Morgan fingerprint density at radius 1 is 0.885 bits per heavy atom. The number of rotatable bonds is 0. The van der Waals surface area contributed by atoms with Crippen molar-refractivity contribution in [2.45, 2.75) is 82.6 Å². The summed E-state index contributed by atoms with van der Waals surface area (Å²) in [6.45, 7) is 2.51. The van der Waals surface area contributed by atoms with E-state index in [4.69, 9.17) is 0 Å². The van der Waals surface area contributed by atoms with Crippen LogP contribution in [0.2, 0.25) is 0 Å². The molecule has 2 unspecified atom stereocenters. The van der Waals surface area contributed by atoms with E-state index in [0.717, 1.165) is 12.0 Å². The Morgan fingerprint density at radius 2 is 1.65 bits per heavy atom. The van der Waals surface area contributed by atoms with E-state index in [2.05, 4.69) is 34.5 Å². The van der Waals surface area contributed by atoms with E-state index in [-0.39, 0.29) is 0 Å². The lowest BCUT2D eigenvalue weighted by molar-refractivity contribution is -0.240. The molecule has 0 aromatic rings. The van der Waals surface area contributed by atoms with Crippen molar-refractivity contribution < 1.29 is 0 Å². The van der Waals surface area contributed by atoms with E-state index in [1.807, 2.05) is 5.57 Å². The molecule has 4 fully saturated rings. The maximum atomic E-state index is 4.27. The summed E-state index contributed by atoms with van der Waals surface area (Å²) >= 11 is 0. The molecule has 4 nitrogen and oxygen atoms in total. The zero-order chi connectivity index (χ0) is 17.5. The largest absolute Gasteiger partial charge is 0.372 e. The van der Waals surface area contributed by atoms with Crippen LogP contribution in [0.15, 0.2) is 11.3 Å². The third kappa shape index (κ3) is 1.73. The quantitative estimate of drug-likeness (QED) is 0.699. The van der Waals surface area contributed by atoms with E-state index < -0.39 is 0 Å². The molecule has 0 amide bonds. The number of fused-ring (bicyclic) bond motifs is 1. The molecular formula is C22H36N4. The Morgan fingerprint density at radius 3 is 2.58 bits per heavy atom. The Kier molecular flexibility index (Phi) is 3.46. The first kappa shape index (κ1) is 16.4. The first-order valence-corrected chi connectivity index (χ1v) is 11.3. The summed E-state index contributed by atoms with van der Waals surface area (Å²) in [5.41, 5.74) is 4.35. The maximum absolute atomic E-state index is 4.27. The number of nitrogens with zero attached hydrogens (tertiary/aromatic N) is 2. The van der Waals surface area contributed by atoms with Gasteiger partial charge in [-0.1, -0.05) is 12.8 Å². The second-order valence-electron chi connectivity index (χ2n) is 10.3. The molecule has 0 aromatic carbocycles. The standard InChI is InChI=1S/C22H36N4/c1-25-13-11-22-16-8-4-5-9-17(16)23-19(25)21(22)12-14-26(2)20(22)24-18-10-6-3-7-15(18)21/h15,18-20,23-24H,3-14H2,1-2H3/t15?,18?,19-,20-,21-,22-/m1/s1. The summed E-state index contributed by atoms with van der Waals surface area (Å²) in [4.78, 5) is 5.41. The molecule has 0 aromatic heterocycles. The average Bonchev–Trinajstić information content (AvgIpc) is 2.67. The highest BCUT2D eigenvalue weighted by Crippen LogP contribution is 2.70. The van der Waals surface area contributed by atoms with Crippen LogP contribution in [-0.2, 0) is 0 Å². The van der Waals surface area contributed by atoms with Crippen molar-refractivity contribution in [1.82, 2.24) is 20.4 Å². The number of likely N-dealkylation sites (tertiary alicyclic amines) is 2. The van der Waals surface area contributed by atoms with Crippen LogP contribution in [-0.4, -0.2) is 55.4 Å². The van der Waals surface area contributed by atoms with Gasteiger partial charge in [0.2, 0.25) is 0 Å². The molecular weight excluding hydrogens is 320 g/mol. The molecule has 4 aliphatic heterocycles. The van der Waals surface area contributed by atoms with Crippen molar-refractivity contribution in [1.29, 1.82) is 0 Å². The maximum Gasteiger partial charge on any atom is 0.0859 e. The molecule has 6 rings (SSSR count). The number of hydrogen-bond donors (Lipinski definition) is 2. The van der Waals surface area contributed by atoms with Crippen LogP contribution in [0.25, 0.3) is 0 Å². The predicted octanol–water partition coefficient (Wildman–Crippen LogP) is 2.88. The first-order valence-electron chi connectivity index (χ1n) is 11.3. The molecule has 0 radical (unpaired) electrons. The molecule has 26 heavy (non-hydrogen) atoms. The van der Waals surface area contributed by atoms with Crippen LogP contribution >= 0.6 is 0 Å². The van der Waals surface area contributed by atoms with Crippen molar-refractivity contribution in [3.63, 3.8) is 0 Å². The molecule has 6 aliphatic rings. The van der Waals surface area contributed by atoms with Crippen molar-refractivity contribution in [2.75, 3.05) is 27.2 Å². The van der Waals surface area contributed by atoms with Gasteiger partial charge in [-0.2, -0.15) is 0 Å². The highest BCUT2D eigenvalue weighted by molar-refractivity contribution is 5.40. The first-order chi connectivity index (χ1) is 12.7. The Hall–Kier alpha value is -0.580. The second kappa shape index (κ2) is 5.48. The molecule has 1 saturated carbocycles. The summed E-state index contributed by atoms with van der Waals surface area (Å²) in [5.74, 6) is 0.859. The number of allylic oxidation sites excluding steroid dienone is 1. The summed E-state index contributed by atoms with van der Waals surface area (Å²) in [5, 5.41) is 8.45. The number of nitrogens with one attached hydrogen (secondary N) is 2. The Bertz CT molecular complexity index is 644. The van der Waals surface area contributed by atoms with Gasteiger partial charge in [0.05, 0.1) is 12.3 Å². The van der Waals surface area contributed by atoms with Crippen molar-refractivity contribution >= 4 is 0 Å². The number of piperidine rings is 3. The van der Waals surface area contributed by atoms with Gasteiger partial charge in [0.15, 0.2) is 0 Å². The molecule has 0 spiro atoms. The van der Waals surface area contributed by atoms with Crippen LogP contribution in [0.4, 0.5) is 0 Å². The highest BCUT2D eigenvalue weighted by Gasteiger charge is 2.73. The molecule has 3 saturated heterocycles. The third-order valence-corrected chi connectivity index (χ3v) is 9.52. The lowest BCUT2D eigenvalue weighted by Gasteiger charge is -2.76. The van der Waals surface area contributed by atoms with E-state index >= 15 is 0 Å². The molecule has 2 N–H and O–H groups in total. The number of hydrogen-bond acceptors (Lipinski definition) is 4. The van der Waals surface area contributed by atoms with Gasteiger partial charge in [-0.15, -0.1) is 0 Å². The van der Waals surface area contributed by atoms with E-state index in [0.29, 0.717) is 23.2 Å². The van der Waals surface area contributed by atoms with Crippen molar-refractivity contribution in [3.8, 4) is 0 Å². The molecule has 6 atom stereocenters. The van der Waals surface area contributed by atoms with Gasteiger partial charge in [0.1, 0.15) is 0 Å².